The van der Waals surface area contributed by atoms with E-state index < -0.39 is 17.8 Å². The van der Waals surface area contributed by atoms with Crippen molar-refractivity contribution >= 4 is 17.8 Å². The van der Waals surface area contributed by atoms with E-state index in [1.54, 1.807) is 6.92 Å². The van der Waals surface area contributed by atoms with Crippen molar-refractivity contribution in [3.63, 3.8) is 0 Å². The molecule has 8 nitrogen and oxygen atoms in total. The molecular formula is C12H15N3O5. The molecule has 1 aromatic rings. The number of ether oxygens (including phenoxy) is 1. The van der Waals surface area contributed by atoms with Gasteiger partial charge in [0.2, 0.25) is 0 Å². The van der Waals surface area contributed by atoms with E-state index in [1.807, 2.05) is 0 Å². The van der Waals surface area contributed by atoms with Gasteiger partial charge in [-0.05, 0) is 13.8 Å². The highest BCUT2D eigenvalue weighted by molar-refractivity contribution is 6.04. The number of carboxylic acid groups (broad SMARTS) is 1. The van der Waals surface area contributed by atoms with Crippen molar-refractivity contribution in [1.82, 2.24) is 15.1 Å². The quantitative estimate of drug-likeness (QED) is 0.594. The van der Waals surface area contributed by atoms with Gasteiger partial charge in [0.1, 0.15) is 0 Å². The number of aromatic nitrogens is 2. The Balaban J connectivity index is 2.87. The third-order valence-corrected chi connectivity index (χ3v) is 2.32. The third kappa shape index (κ3) is 3.67. The van der Waals surface area contributed by atoms with E-state index in [0.717, 1.165) is 17.0 Å². The Labute approximate surface area is 115 Å². The van der Waals surface area contributed by atoms with Crippen molar-refractivity contribution in [3.05, 3.63) is 29.2 Å². The summed E-state index contributed by atoms with van der Waals surface area (Å²) in [5.41, 5.74) is -0.0725. The molecule has 0 aliphatic carbocycles. The van der Waals surface area contributed by atoms with Crippen LogP contribution in [0.3, 0.4) is 0 Å². The van der Waals surface area contributed by atoms with Crippen LogP contribution in [0, 0.1) is 0 Å². The second-order valence-corrected chi connectivity index (χ2v) is 3.87. The monoisotopic (exact) mass is 281 g/mol. The molecule has 0 unspecified atom stereocenters. The summed E-state index contributed by atoms with van der Waals surface area (Å²) in [6.45, 7) is 3.38. The van der Waals surface area contributed by atoms with Gasteiger partial charge in [-0.3, -0.25) is 9.48 Å². The highest BCUT2D eigenvalue weighted by atomic mass is 16.5. The van der Waals surface area contributed by atoms with Crippen LogP contribution in [0.4, 0.5) is 0 Å². The van der Waals surface area contributed by atoms with Crippen LogP contribution in [0.1, 0.15) is 34.7 Å². The lowest BCUT2D eigenvalue weighted by Crippen LogP contribution is -2.24. The lowest BCUT2D eigenvalue weighted by Gasteiger charge is -2.05. The zero-order valence-electron chi connectivity index (χ0n) is 11.3. The third-order valence-electron chi connectivity index (χ3n) is 2.32. The zero-order valence-corrected chi connectivity index (χ0v) is 11.3. The van der Waals surface area contributed by atoms with Gasteiger partial charge in [-0.1, -0.05) is 0 Å². The van der Waals surface area contributed by atoms with E-state index in [9.17, 15) is 14.4 Å². The van der Waals surface area contributed by atoms with Crippen LogP contribution in [0.5, 0.6) is 0 Å². The summed E-state index contributed by atoms with van der Waals surface area (Å²) in [6.07, 6.45) is 2.26. The lowest BCUT2D eigenvalue weighted by molar-refractivity contribution is -0.137. The molecule has 0 fully saturated rings. The first-order valence-corrected chi connectivity index (χ1v) is 5.78. The van der Waals surface area contributed by atoms with E-state index in [1.165, 1.54) is 14.0 Å². The molecule has 0 atom stereocenters. The molecule has 2 N–H and O–H groups in total. The Morgan fingerprint density at radius 2 is 2.15 bits per heavy atom. The number of nitrogens with one attached hydrogen (secondary N) is 1. The second kappa shape index (κ2) is 6.50. The molecule has 0 aromatic carbocycles. The number of rotatable bonds is 5. The van der Waals surface area contributed by atoms with Crippen LogP contribution >= 0.6 is 0 Å². The minimum Gasteiger partial charge on any atom is -0.477 e. The van der Waals surface area contributed by atoms with Gasteiger partial charge in [0.25, 0.3) is 5.91 Å². The molecule has 1 rings (SSSR count). The van der Waals surface area contributed by atoms with Crippen molar-refractivity contribution in [2.45, 2.75) is 13.8 Å². The molecular weight excluding hydrogens is 266 g/mol. The van der Waals surface area contributed by atoms with Crippen LogP contribution in [-0.2, 0) is 16.6 Å². The molecule has 0 saturated carbocycles. The number of allylic oxidation sites excluding steroid dienone is 1. The van der Waals surface area contributed by atoms with E-state index in [0.29, 0.717) is 0 Å². The molecule has 0 spiro atoms. The van der Waals surface area contributed by atoms with Crippen LogP contribution in [0.25, 0.3) is 0 Å². The maximum absolute atomic E-state index is 11.9. The summed E-state index contributed by atoms with van der Waals surface area (Å²) in [6, 6.07) is 0. The molecule has 0 aliphatic rings. The Hall–Kier alpha value is -2.64. The van der Waals surface area contributed by atoms with Gasteiger partial charge < -0.3 is 15.2 Å². The summed E-state index contributed by atoms with van der Waals surface area (Å²) in [4.78, 5) is 34.1. The van der Waals surface area contributed by atoms with Crippen LogP contribution in [0.15, 0.2) is 18.0 Å². The number of carbonyl (C=O) groups is 3. The maximum atomic E-state index is 11.9. The lowest BCUT2D eigenvalue weighted by atomic mass is 10.2. The number of esters is 1. The summed E-state index contributed by atoms with van der Waals surface area (Å²) in [5, 5.41) is 15.1. The second-order valence-electron chi connectivity index (χ2n) is 3.87. The topological polar surface area (TPSA) is 111 Å². The molecule has 0 radical (unpaired) electrons. The first-order valence-electron chi connectivity index (χ1n) is 5.78. The zero-order chi connectivity index (χ0) is 15.3. The minimum atomic E-state index is -1.26. The summed E-state index contributed by atoms with van der Waals surface area (Å²) >= 11 is 0. The Bertz CT molecular complexity index is 574. The predicted octanol–water partition coefficient (Wildman–Crippen LogP) is 0.315. The number of carboxylic acids is 1. The SMILES string of the molecule is CCOC(=O)/C=C(\C)NC(=O)c1cnn(C)c1C(=O)O. The molecule has 8 heteroatoms. The highest BCUT2D eigenvalue weighted by Gasteiger charge is 2.21. The van der Waals surface area contributed by atoms with E-state index in [2.05, 4.69) is 15.2 Å². The smallest absolute Gasteiger partial charge is 0.354 e. The number of hydrogen-bond acceptors (Lipinski definition) is 5. The molecule has 1 heterocycles. The molecule has 1 amide bonds. The van der Waals surface area contributed by atoms with Gasteiger partial charge in [-0.25, -0.2) is 9.59 Å². The standard InChI is InChI=1S/C12H15N3O5/c1-4-20-9(16)5-7(2)14-11(17)8-6-13-15(3)10(8)12(18)19/h5-6H,4H2,1-3H3,(H,14,17)(H,18,19)/b7-5+. The van der Waals surface area contributed by atoms with Crippen molar-refractivity contribution in [2.24, 2.45) is 7.05 Å². The van der Waals surface area contributed by atoms with Crippen molar-refractivity contribution in [3.8, 4) is 0 Å². The van der Waals surface area contributed by atoms with Crippen molar-refractivity contribution in [2.75, 3.05) is 6.61 Å². The molecule has 0 saturated heterocycles. The Morgan fingerprint density at radius 1 is 1.50 bits per heavy atom. The molecule has 108 valence electrons. The fraction of sp³-hybridized carbons (Fsp3) is 0.333. The molecule has 20 heavy (non-hydrogen) atoms. The molecule has 1 aromatic heterocycles. The largest absolute Gasteiger partial charge is 0.477 e. The van der Waals surface area contributed by atoms with Gasteiger partial charge in [0.15, 0.2) is 5.69 Å². The van der Waals surface area contributed by atoms with Crippen LogP contribution in [0.2, 0.25) is 0 Å². The fourth-order valence-electron chi connectivity index (χ4n) is 1.50. The van der Waals surface area contributed by atoms with Crippen molar-refractivity contribution < 1.29 is 24.2 Å². The van der Waals surface area contributed by atoms with Crippen LogP contribution in [-0.4, -0.2) is 39.3 Å². The molecule has 0 bridgehead atoms. The average molecular weight is 281 g/mol. The van der Waals surface area contributed by atoms with Gasteiger partial charge in [0.05, 0.1) is 18.4 Å². The molecule has 0 aliphatic heterocycles. The number of aryl methyl sites for hydroxylation is 1. The van der Waals surface area contributed by atoms with Gasteiger partial charge in [-0.15, -0.1) is 0 Å². The van der Waals surface area contributed by atoms with Crippen molar-refractivity contribution in [1.29, 1.82) is 0 Å². The van der Waals surface area contributed by atoms with Gasteiger partial charge >= 0.3 is 11.9 Å². The number of aromatic carboxylic acids is 1. The maximum Gasteiger partial charge on any atom is 0.354 e. The first kappa shape index (κ1) is 15.4. The summed E-state index contributed by atoms with van der Waals surface area (Å²) < 4.78 is 5.77. The number of nitrogens with zero attached hydrogens (tertiary/aromatic N) is 2. The Kier molecular flexibility index (Phi) is 5.01. The normalized spacial score (nSPS) is 11.1. The van der Waals surface area contributed by atoms with Gasteiger partial charge in [0, 0.05) is 18.8 Å². The average Bonchev–Trinajstić information content (AvgIpc) is 2.71. The minimum absolute atomic E-state index is 0.0865. The van der Waals surface area contributed by atoms with E-state index in [4.69, 9.17) is 5.11 Å². The predicted molar refractivity (Wildman–Crippen MR) is 68.0 cm³/mol. The number of hydrogen-bond donors (Lipinski definition) is 2. The summed E-state index contributed by atoms with van der Waals surface area (Å²) in [5.74, 6) is -2.51. The number of carbonyl (C=O) groups excluding carboxylic acids is 2. The number of amides is 1. The first-order chi connectivity index (χ1) is 9.36. The fourth-order valence-corrected chi connectivity index (χ4v) is 1.50. The van der Waals surface area contributed by atoms with E-state index in [-0.39, 0.29) is 23.6 Å². The van der Waals surface area contributed by atoms with E-state index >= 15 is 0 Å². The van der Waals surface area contributed by atoms with Gasteiger partial charge in [-0.2, -0.15) is 5.10 Å². The van der Waals surface area contributed by atoms with Crippen LogP contribution < -0.4 is 5.32 Å². The highest BCUT2D eigenvalue weighted by Crippen LogP contribution is 2.08. The summed E-state index contributed by atoms with van der Waals surface area (Å²) in [7, 11) is 1.42. The Morgan fingerprint density at radius 3 is 2.70 bits per heavy atom.